The lowest BCUT2D eigenvalue weighted by Gasteiger charge is -2.10. The quantitative estimate of drug-likeness (QED) is 0.717. The normalized spacial score (nSPS) is 11.4. The van der Waals surface area contributed by atoms with Gasteiger partial charge in [-0.3, -0.25) is 0 Å². The van der Waals surface area contributed by atoms with Crippen LogP contribution in [0.3, 0.4) is 0 Å². The van der Waals surface area contributed by atoms with Crippen molar-refractivity contribution in [2.24, 2.45) is 0 Å². The summed E-state index contributed by atoms with van der Waals surface area (Å²) >= 11 is 0. The van der Waals surface area contributed by atoms with Gasteiger partial charge in [0.15, 0.2) is 5.82 Å². The average molecular weight is 343 g/mol. The molecule has 0 bridgehead atoms. The Balaban J connectivity index is 1.80. The molecule has 0 fully saturated rings. The van der Waals surface area contributed by atoms with Gasteiger partial charge in [-0.1, -0.05) is 42.0 Å². The third-order valence-electron chi connectivity index (χ3n) is 3.66. The zero-order valence-corrected chi connectivity index (χ0v) is 13.5. The Morgan fingerprint density at radius 2 is 1.80 bits per heavy atom. The summed E-state index contributed by atoms with van der Waals surface area (Å²) in [6, 6.07) is 14.7. The molecule has 0 atom stereocenters. The van der Waals surface area contributed by atoms with Crippen molar-refractivity contribution in [2.75, 3.05) is 5.32 Å². The minimum atomic E-state index is -4.39. The van der Waals surface area contributed by atoms with E-state index >= 15 is 0 Å². The molecule has 0 radical (unpaired) electrons. The van der Waals surface area contributed by atoms with Crippen LogP contribution < -0.4 is 5.32 Å². The van der Waals surface area contributed by atoms with Crippen molar-refractivity contribution in [2.45, 2.75) is 19.6 Å². The fraction of sp³-hybridized carbons (Fsp3) is 0.158. The van der Waals surface area contributed by atoms with Gasteiger partial charge in [0.05, 0.1) is 5.56 Å². The summed E-state index contributed by atoms with van der Waals surface area (Å²) in [5.74, 6) is 0.810. The number of hydrogen-bond donors (Lipinski definition) is 1. The Labute approximate surface area is 143 Å². The zero-order valence-electron chi connectivity index (χ0n) is 13.5. The van der Waals surface area contributed by atoms with Gasteiger partial charge in [-0.25, -0.2) is 9.97 Å². The monoisotopic (exact) mass is 343 g/mol. The first kappa shape index (κ1) is 17.0. The number of nitrogens with zero attached hydrogens (tertiary/aromatic N) is 2. The van der Waals surface area contributed by atoms with E-state index in [9.17, 15) is 13.2 Å². The largest absolute Gasteiger partial charge is 0.416 e. The van der Waals surface area contributed by atoms with Gasteiger partial charge in [-0.15, -0.1) is 0 Å². The van der Waals surface area contributed by atoms with E-state index in [0.29, 0.717) is 17.9 Å². The van der Waals surface area contributed by atoms with E-state index in [1.54, 1.807) is 12.1 Å². The molecule has 3 aromatic rings. The van der Waals surface area contributed by atoms with E-state index in [0.717, 1.165) is 23.3 Å². The van der Waals surface area contributed by atoms with E-state index in [1.165, 1.54) is 12.3 Å². The van der Waals surface area contributed by atoms with Crippen LogP contribution in [0.15, 0.2) is 60.8 Å². The van der Waals surface area contributed by atoms with Crippen LogP contribution >= 0.6 is 0 Å². The Hall–Kier alpha value is -2.89. The van der Waals surface area contributed by atoms with Crippen LogP contribution in [0.1, 0.15) is 16.7 Å². The standard InChI is InChI=1S/C19H16F3N3/c1-13-4-2-5-14(10-13)12-24-17-8-9-23-18(25-17)15-6-3-7-16(11-15)19(20,21)22/h2-11H,12H2,1H3,(H,23,24,25). The van der Waals surface area contributed by atoms with Crippen LogP contribution in [0, 0.1) is 6.92 Å². The number of alkyl halides is 3. The van der Waals surface area contributed by atoms with E-state index in [-0.39, 0.29) is 5.82 Å². The van der Waals surface area contributed by atoms with Crippen molar-refractivity contribution in [1.29, 1.82) is 0 Å². The first-order chi connectivity index (χ1) is 11.9. The summed E-state index contributed by atoms with van der Waals surface area (Å²) in [5.41, 5.74) is 1.87. The molecule has 0 unspecified atom stereocenters. The van der Waals surface area contributed by atoms with E-state index in [1.807, 2.05) is 25.1 Å². The molecule has 0 saturated carbocycles. The number of halogens is 3. The van der Waals surface area contributed by atoms with E-state index < -0.39 is 11.7 Å². The number of aromatic nitrogens is 2. The summed E-state index contributed by atoms with van der Waals surface area (Å²) in [7, 11) is 0. The maximum absolute atomic E-state index is 12.9. The topological polar surface area (TPSA) is 37.8 Å². The molecule has 128 valence electrons. The van der Waals surface area contributed by atoms with Crippen molar-refractivity contribution < 1.29 is 13.2 Å². The molecule has 25 heavy (non-hydrogen) atoms. The molecule has 0 aliphatic heterocycles. The molecule has 0 saturated heterocycles. The van der Waals surface area contributed by atoms with Crippen molar-refractivity contribution >= 4 is 5.82 Å². The van der Waals surface area contributed by atoms with Gasteiger partial charge in [-0.05, 0) is 30.7 Å². The SMILES string of the molecule is Cc1cccc(CNc2ccnc(-c3cccc(C(F)(F)F)c3)n2)c1. The molecule has 0 aliphatic rings. The second-order valence-corrected chi connectivity index (χ2v) is 5.69. The average Bonchev–Trinajstić information content (AvgIpc) is 2.60. The van der Waals surface area contributed by atoms with Crippen molar-refractivity contribution in [3.8, 4) is 11.4 Å². The third kappa shape index (κ3) is 4.35. The first-order valence-corrected chi connectivity index (χ1v) is 7.72. The second-order valence-electron chi connectivity index (χ2n) is 5.69. The predicted molar refractivity (Wildman–Crippen MR) is 91.0 cm³/mol. The fourth-order valence-electron chi connectivity index (χ4n) is 2.45. The van der Waals surface area contributed by atoms with Crippen LogP contribution in [-0.4, -0.2) is 9.97 Å². The molecule has 0 spiro atoms. The molecule has 0 amide bonds. The third-order valence-corrected chi connectivity index (χ3v) is 3.66. The smallest absolute Gasteiger partial charge is 0.366 e. The molecule has 1 N–H and O–H groups in total. The van der Waals surface area contributed by atoms with Crippen molar-refractivity contribution in [3.05, 3.63) is 77.5 Å². The number of aryl methyl sites for hydroxylation is 1. The molecule has 1 aromatic heterocycles. The molecular weight excluding hydrogens is 327 g/mol. The lowest BCUT2D eigenvalue weighted by atomic mass is 10.1. The summed E-state index contributed by atoms with van der Waals surface area (Å²) in [6.07, 6.45) is -2.86. The molecule has 6 heteroatoms. The van der Waals surface area contributed by atoms with Crippen LogP contribution in [0.2, 0.25) is 0 Å². The van der Waals surface area contributed by atoms with Crippen LogP contribution in [0.25, 0.3) is 11.4 Å². The highest BCUT2D eigenvalue weighted by molar-refractivity contribution is 5.58. The van der Waals surface area contributed by atoms with Crippen molar-refractivity contribution in [3.63, 3.8) is 0 Å². The predicted octanol–water partition coefficient (Wildman–Crippen LogP) is 5.08. The Morgan fingerprint density at radius 3 is 2.56 bits per heavy atom. The highest BCUT2D eigenvalue weighted by atomic mass is 19.4. The maximum atomic E-state index is 12.9. The van der Waals surface area contributed by atoms with Gasteiger partial charge in [0.25, 0.3) is 0 Å². The molecule has 1 heterocycles. The van der Waals surface area contributed by atoms with Crippen LogP contribution in [-0.2, 0) is 12.7 Å². The minimum Gasteiger partial charge on any atom is -0.366 e. The summed E-state index contributed by atoms with van der Waals surface area (Å²) < 4.78 is 38.6. The van der Waals surface area contributed by atoms with Gasteiger partial charge in [0.1, 0.15) is 5.82 Å². The van der Waals surface area contributed by atoms with Gasteiger partial charge < -0.3 is 5.32 Å². The van der Waals surface area contributed by atoms with E-state index in [4.69, 9.17) is 0 Å². The van der Waals surface area contributed by atoms with Gasteiger partial charge in [-0.2, -0.15) is 13.2 Å². The lowest BCUT2D eigenvalue weighted by Crippen LogP contribution is -2.05. The van der Waals surface area contributed by atoms with Gasteiger partial charge in [0.2, 0.25) is 0 Å². The van der Waals surface area contributed by atoms with Gasteiger partial charge >= 0.3 is 6.18 Å². The molecule has 3 rings (SSSR count). The number of nitrogens with one attached hydrogen (secondary N) is 1. The van der Waals surface area contributed by atoms with Crippen LogP contribution in [0.4, 0.5) is 19.0 Å². The Kier molecular flexibility index (Phi) is 4.70. The highest BCUT2D eigenvalue weighted by Crippen LogP contribution is 2.31. The lowest BCUT2D eigenvalue weighted by molar-refractivity contribution is -0.137. The molecule has 2 aromatic carbocycles. The zero-order chi connectivity index (χ0) is 17.9. The first-order valence-electron chi connectivity index (χ1n) is 7.72. The molecule has 3 nitrogen and oxygen atoms in total. The highest BCUT2D eigenvalue weighted by Gasteiger charge is 2.30. The van der Waals surface area contributed by atoms with Crippen LogP contribution in [0.5, 0.6) is 0 Å². The molecule has 0 aliphatic carbocycles. The number of anilines is 1. The maximum Gasteiger partial charge on any atom is 0.416 e. The van der Waals surface area contributed by atoms with E-state index in [2.05, 4.69) is 21.4 Å². The summed E-state index contributed by atoms with van der Waals surface area (Å²) in [5, 5.41) is 3.17. The second kappa shape index (κ2) is 6.93. The summed E-state index contributed by atoms with van der Waals surface area (Å²) in [6.45, 7) is 2.58. The number of hydrogen-bond acceptors (Lipinski definition) is 3. The Morgan fingerprint density at radius 1 is 1.00 bits per heavy atom. The Bertz CT molecular complexity index is 876. The molecular formula is C19H16F3N3. The summed E-state index contributed by atoms with van der Waals surface area (Å²) in [4.78, 5) is 8.40. The van der Waals surface area contributed by atoms with Gasteiger partial charge in [0, 0.05) is 18.3 Å². The number of benzene rings is 2. The fourth-order valence-corrected chi connectivity index (χ4v) is 2.45. The minimum absolute atomic E-state index is 0.250. The van der Waals surface area contributed by atoms with Crippen molar-refractivity contribution in [1.82, 2.24) is 9.97 Å². The number of rotatable bonds is 4.